The summed E-state index contributed by atoms with van der Waals surface area (Å²) in [7, 11) is 1.65. The van der Waals surface area contributed by atoms with Gasteiger partial charge in [0.2, 0.25) is 0 Å². The van der Waals surface area contributed by atoms with E-state index in [2.05, 4.69) is 33.0 Å². The van der Waals surface area contributed by atoms with Crippen LogP contribution in [0.25, 0.3) is 0 Å². The van der Waals surface area contributed by atoms with Gasteiger partial charge in [0.25, 0.3) is 0 Å². The summed E-state index contributed by atoms with van der Waals surface area (Å²) in [5.74, 6) is 1.41. The first-order valence-corrected chi connectivity index (χ1v) is 17.0. The van der Waals surface area contributed by atoms with E-state index in [1.165, 1.54) is 19.3 Å². The zero-order chi connectivity index (χ0) is 30.1. The van der Waals surface area contributed by atoms with Crippen LogP contribution < -0.4 is 11.1 Å². The van der Waals surface area contributed by atoms with Gasteiger partial charge in [-0.3, -0.25) is 0 Å². The predicted molar refractivity (Wildman–Crippen MR) is 159 cm³/mol. The van der Waals surface area contributed by atoms with Gasteiger partial charge in [0.15, 0.2) is 6.29 Å². The average molecular weight is 591 g/mol. The van der Waals surface area contributed by atoms with Crippen LogP contribution in [0.2, 0.25) is 0 Å². The van der Waals surface area contributed by atoms with Gasteiger partial charge in [0, 0.05) is 20.2 Å². The second-order valence-corrected chi connectivity index (χ2v) is 17.1. The Labute approximate surface area is 253 Å². The lowest BCUT2D eigenvalue weighted by Gasteiger charge is -2.63. The number of methoxy groups -OCH3 is 1. The van der Waals surface area contributed by atoms with Gasteiger partial charge in [-0.1, -0.05) is 27.7 Å². The van der Waals surface area contributed by atoms with E-state index in [1.54, 1.807) is 21.0 Å². The number of aliphatic hydroxyl groups excluding tert-OH is 1. The van der Waals surface area contributed by atoms with Gasteiger partial charge in [0.1, 0.15) is 6.10 Å². The zero-order valence-corrected chi connectivity index (χ0v) is 27.2. The van der Waals surface area contributed by atoms with Gasteiger partial charge in [-0.25, -0.2) is 0 Å². The Morgan fingerprint density at radius 1 is 1.05 bits per heavy atom. The molecule has 2 saturated heterocycles. The van der Waals surface area contributed by atoms with Crippen LogP contribution in [0.15, 0.2) is 0 Å². The SMILES string of the molecule is COC(C1CC(C)C2C(O1)C(O)C1(N)C3CCC4C(C)(C)C(OC5CNCCO5)CCC45CC35CCC21C)C(C)(C)O. The van der Waals surface area contributed by atoms with Crippen molar-refractivity contribution in [3.05, 3.63) is 0 Å². The fourth-order valence-electron chi connectivity index (χ4n) is 13.1. The maximum atomic E-state index is 12.3. The van der Waals surface area contributed by atoms with Crippen molar-refractivity contribution in [3.63, 3.8) is 0 Å². The van der Waals surface area contributed by atoms with Crippen LogP contribution in [-0.2, 0) is 18.9 Å². The maximum absolute atomic E-state index is 12.3. The lowest BCUT2D eigenvalue weighted by molar-refractivity contribution is -0.233. The monoisotopic (exact) mass is 590 g/mol. The van der Waals surface area contributed by atoms with Gasteiger partial charge in [-0.15, -0.1) is 0 Å². The van der Waals surface area contributed by atoms with E-state index in [0.717, 1.165) is 45.2 Å². The molecule has 42 heavy (non-hydrogen) atoms. The highest BCUT2D eigenvalue weighted by Crippen LogP contribution is 2.87. The van der Waals surface area contributed by atoms with Gasteiger partial charge in [-0.2, -0.15) is 0 Å². The minimum absolute atomic E-state index is 0.0649. The molecule has 7 aliphatic rings. The minimum atomic E-state index is -1.04. The highest BCUT2D eigenvalue weighted by Gasteiger charge is 2.85. The molecule has 2 spiro atoms. The van der Waals surface area contributed by atoms with Crippen molar-refractivity contribution in [2.45, 2.75) is 141 Å². The molecular weight excluding hydrogens is 532 g/mol. The molecule has 8 heteroatoms. The molecule has 7 fully saturated rings. The largest absolute Gasteiger partial charge is 0.388 e. The molecule has 0 bridgehead atoms. The van der Waals surface area contributed by atoms with Crippen LogP contribution in [0.5, 0.6) is 0 Å². The Bertz CT molecular complexity index is 1060. The lowest BCUT2D eigenvalue weighted by atomic mass is 9.43. The Hall–Kier alpha value is -0.320. The number of ether oxygens (including phenoxy) is 4. The Balaban J connectivity index is 1.16. The molecule has 8 nitrogen and oxygen atoms in total. The van der Waals surface area contributed by atoms with Crippen LogP contribution in [-0.4, -0.2) is 85.0 Å². The summed E-state index contributed by atoms with van der Waals surface area (Å²) >= 11 is 0. The second-order valence-electron chi connectivity index (χ2n) is 17.1. The van der Waals surface area contributed by atoms with Crippen molar-refractivity contribution in [1.29, 1.82) is 0 Å². The number of nitrogens with two attached hydrogens (primary N) is 1. The lowest BCUT2D eigenvalue weighted by Crippen LogP contribution is -2.70. The number of nitrogens with one attached hydrogen (secondary N) is 1. The molecule has 5 N–H and O–H groups in total. The Morgan fingerprint density at radius 3 is 2.43 bits per heavy atom. The summed E-state index contributed by atoms with van der Waals surface area (Å²) < 4.78 is 25.2. The van der Waals surface area contributed by atoms with E-state index >= 15 is 0 Å². The molecule has 0 radical (unpaired) electrons. The molecular formula is C34H58N2O6. The van der Waals surface area contributed by atoms with Crippen molar-refractivity contribution in [1.82, 2.24) is 5.32 Å². The third kappa shape index (κ3) is 3.76. The van der Waals surface area contributed by atoms with Gasteiger partial charge < -0.3 is 40.2 Å². The molecule has 5 saturated carbocycles. The second kappa shape index (κ2) is 9.60. The van der Waals surface area contributed by atoms with Crippen molar-refractivity contribution in [3.8, 4) is 0 Å². The summed E-state index contributed by atoms with van der Waals surface area (Å²) in [6.07, 6.45) is 7.02. The third-order valence-corrected chi connectivity index (χ3v) is 14.7. The van der Waals surface area contributed by atoms with E-state index in [-0.39, 0.29) is 46.8 Å². The van der Waals surface area contributed by atoms with E-state index in [0.29, 0.717) is 29.8 Å². The molecule has 0 amide bonds. The number of fused-ring (bicyclic) bond motifs is 4. The molecule has 7 rings (SSSR count). The minimum Gasteiger partial charge on any atom is -0.388 e. The molecule has 2 aliphatic heterocycles. The quantitative estimate of drug-likeness (QED) is 0.384. The molecule has 2 heterocycles. The number of aliphatic hydroxyl groups is 2. The fraction of sp³-hybridized carbons (Fsp3) is 1.00. The molecule has 0 aromatic carbocycles. The van der Waals surface area contributed by atoms with Gasteiger partial charge in [0.05, 0.1) is 42.2 Å². The summed E-state index contributed by atoms with van der Waals surface area (Å²) in [4.78, 5) is 0. The van der Waals surface area contributed by atoms with Crippen molar-refractivity contribution in [2.75, 3.05) is 26.8 Å². The normalized spacial score (nSPS) is 55.4. The molecule has 240 valence electrons. The standard InChI is InChI=1S/C34H58N2O6/c1-19-16-20(28(39-7)30(4,5)38)41-26-25(19)31(6)12-13-33-18-32(33)11-10-23(42-24-17-36-14-15-40-24)29(2,3)21(32)8-9-22(33)34(31,35)27(26)37/h19-28,36-38H,8-18,35H2,1-7H3. The molecule has 0 aromatic rings. The molecule has 14 unspecified atom stereocenters. The maximum Gasteiger partial charge on any atom is 0.170 e. The number of rotatable bonds is 5. The van der Waals surface area contributed by atoms with E-state index in [4.69, 9.17) is 24.7 Å². The highest BCUT2D eigenvalue weighted by molar-refractivity contribution is 5.35. The van der Waals surface area contributed by atoms with Crippen molar-refractivity contribution >= 4 is 0 Å². The predicted octanol–water partition coefficient (Wildman–Crippen LogP) is 3.61. The highest BCUT2D eigenvalue weighted by atomic mass is 16.7. The van der Waals surface area contributed by atoms with Crippen LogP contribution >= 0.6 is 0 Å². The summed E-state index contributed by atoms with van der Waals surface area (Å²) in [6.45, 7) is 15.5. The summed E-state index contributed by atoms with van der Waals surface area (Å²) in [5, 5.41) is 26.6. The van der Waals surface area contributed by atoms with Crippen LogP contribution in [0.3, 0.4) is 0 Å². The average Bonchev–Trinajstić information content (AvgIpc) is 3.55. The first-order valence-electron chi connectivity index (χ1n) is 17.0. The van der Waals surface area contributed by atoms with Crippen LogP contribution in [0.4, 0.5) is 0 Å². The topological polar surface area (TPSA) is 115 Å². The van der Waals surface area contributed by atoms with Gasteiger partial charge in [-0.05, 0) is 111 Å². The summed E-state index contributed by atoms with van der Waals surface area (Å²) in [6, 6.07) is 0. The Morgan fingerprint density at radius 2 is 1.76 bits per heavy atom. The van der Waals surface area contributed by atoms with Crippen LogP contribution in [0.1, 0.15) is 92.9 Å². The number of morpholine rings is 1. The molecule has 14 atom stereocenters. The number of hydrogen-bond acceptors (Lipinski definition) is 8. The van der Waals surface area contributed by atoms with Crippen molar-refractivity contribution in [2.24, 2.45) is 51.1 Å². The smallest absolute Gasteiger partial charge is 0.170 e. The van der Waals surface area contributed by atoms with E-state index in [9.17, 15) is 10.2 Å². The summed E-state index contributed by atoms with van der Waals surface area (Å²) in [5.41, 5.74) is 6.40. The van der Waals surface area contributed by atoms with Gasteiger partial charge >= 0.3 is 0 Å². The molecule has 5 aliphatic carbocycles. The molecule has 0 aromatic heterocycles. The van der Waals surface area contributed by atoms with Crippen molar-refractivity contribution < 1.29 is 29.2 Å². The number of hydrogen-bond donors (Lipinski definition) is 4. The zero-order valence-electron chi connectivity index (χ0n) is 27.2. The third-order valence-electron chi connectivity index (χ3n) is 14.7. The Kier molecular flexibility index (Phi) is 6.94. The fourth-order valence-corrected chi connectivity index (χ4v) is 13.1. The van der Waals surface area contributed by atoms with E-state index in [1.807, 2.05) is 0 Å². The first kappa shape index (κ1) is 30.3. The van der Waals surface area contributed by atoms with E-state index < -0.39 is 23.3 Å². The first-order chi connectivity index (χ1) is 19.7. The van der Waals surface area contributed by atoms with Crippen LogP contribution in [0, 0.1) is 45.3 Å².